The third kappa shape index (κ3) is 1.24. The van der Waals surface area contributed by atoms with E-state index in [9.17, 15) is 0 Å². The van der Waals surface area contributed by atoms with E-state index in [-0.39, 0.29) is 5.41 Å². The van der Waals surface area contributed by atoms with Crippen LogP contribution in [0, 0.1) is 0 Å². The molecule has 0 fully saturated rings. The second kappa shape index (κ2) is 3.05. The molecule has 15 heavy (non-hydrogen) atoms. The minimum absolute atomic E-state index is 0.242. The van der Waals surface area contributed by atoms with Gasteiger partial charge in [0.05, 0.1) is 0 Å². The summed E-state index contributed by atoms with van der Waals surface area (Å²) in [5, 5.41) is 0.708. The number of benzene rings is 1. The van der Waals surface area contributed by atoms with Gasteiger partial charge in [0.2, 0.25) is 0 Å². The van der Waals surface area contributed by atoms with Gasteiger partial charge in [-0.1, -0.05) is 25.1 Å². The van der Waals surface area contributed by atoms with E-state index in [0.717, 1.165) is 5.69 Å². The number of allylic oxidation sites excluding steroid dienone is 2. The first-order valence-corrected chi connectivity index (χ1v) is 6.32. The molecule has 0 spiro atoms. The highest BCUT2D eigenvalue weighted by atomic mass is 32.2. The Bertz CT molecular complexity index is 438. The second-order valence-electron chi connectivity index (χ2n) is 4.62. The van der Waals surface area contributed by atoms with E-state index in [2.05, 4.69) is 31.2 Å². The molecule has 3 rings (SSSR count). The summed E-state index contributed by atoms with van der Waals surface area (Å²) in [5.74, 6) is 0. The number of rotatable bonds is 0. The van der Waals surface area contributed by atoms with Gasteiger partial charge >= 0.3 is 0 Å². The van der Waals surface area contributed by atoms with Crippen LogP contribution in [0.25, 0.3) is 0 Å². The lowest BCUT2D eigenvalue weighted by molar-refractivity contribution is 0.520. The van der Waals surface area contributed by atoms with Crippen LogP contribution in [0.5, 0.6) is 0 Å². The Morgan fingerprint density at radius 2 is 2.33 bits per heavy atom. The summed E-state index contributed by atoms with van der Waals surface area (Å²) in [6, 6.07) is 6.35. The third-order valence-corrected chi connectivity index (χ3v) is 5.19. The molecule has 0 aromatic heterocycles. The molecule has 0 saturated heterocycles. The van der Waals surface area contributed by atoms with Gasteiger partial charge in [-0.2, -0.15) is 0 Å². The number of hydrogen-bond acceptors (Lipinski definition) is 2. The van der Waals surface area contributed by atoms with Crippen LogP contribution in [0.2, 0.25) is 0 Å². The van der Waals surface area contributed by atoms with Gasteiger partial charge in [-0.3, -0.25) is 0 Å². The number of anilines is 1. The molecular weight excluding hydrogens is 202 g/mol. The lowest BCUT2D eigenvalue weighted by atomic mass is 9.75. The van der Waals surface area contributed by atoms with E-state index in [0.29, 0.717) is 5.25 Å². The zero-order valence-corrected chi connectivity index (χ0v) is 9.68. The Balaban J connectivity index is 2.16. The average molecular weight is 217 g/mol. The van der Waals surface area contributed by atoms with Gasteiger partial charge in [0.15, 0.2) is 0 Å². The molecule has 1 nitrogen and oxygen atoms in total. The van der Waals surface area contributed by atoms with Crippen LogP contribution in [-0.2, 0) is 5.41 Å². The molecule has 2 atom stereocenters. The van der Waals surface area contributed by atoms with E-state index < -0.39 is 0 Å². The summed E-state index contributed by atoms with van der Waals surface area (Å²) in [6.45, 7) is 2.35. The minimum atomic E-state index is 0.242. The molecular formula is C13H15NS. The predicted molar refractivity (Wildman–Crippen MR) is 66.2 cm³/mol. The standard InChI is InChI=1S/C13H15NS/c1-13-7-3-2-4-12(13)15-11-8-9(14)5-6-10(11)13/h3,5-8,12H,2,4,14H2,1H3. The molecule has 0 amide bonds. The fraction of sp³-hybridized carbons (Fsp3) is 0.385. The fourth-order valence-corrected chi connectivity index (χ4v) is 4.29. The van der Waals surface area contributed by atoms with Crippen molar-refractivity contribution >= 4 is 17.4 Å². The van der Waals surface area contributed by atoms with Gasteiger partial charge in [0.25, 0.3) is 0 Å². The van der Waals surface area contributed by atoms with Crippen LogP contribution in [0.4, 0.5) is 5.69 Å². The van der Waals surface area contributed by atoms with Crippen LogP contribution in [0.15, 0.2) is 35.2 Å². The molecule has 2 unspecified atom stereocenters. The first-order valence-electron chi connectivity index (χ1n) is 5.44. The van der Waals surface area contributed by atoms with E-state index in [1.165, 1.54) is 23.3 Å². The van der Waals surface area contributed by atoms with E-state index in [1.54, 1.807) is 0 Å². The Morgan fingerprint density at radius 3 is 3.20 bits per heavy atom. The lowest BCUT2D eigenvalue weighted by Gasteiger charge is -2.31. The third-order valence-electron chi connectivity index (χ3n) is 3.58. The van der Waals surface area contributed by atoms with Gasteiger partial charge in [0.1, 0.15) is 0 Å². The maximum Gasteiger partial charge on any atom is 0.0325 e. The highest BCUT2D eigenvalue weighted by molar-refractivity contribution is 8.00. The minimum Gasteiger partial charge on any atom is -0.399 e. The van der Waals surface area contributed by atoms with Gasteiger partial charge < -0.3 is 5.73 Å². The predicted octanol–water partition coefficient (Wildman–Crippen LogP) is 3.35. The zero-order chi connectivity index (χ0) is 10.5. The molecule has 2 heteroatoms. The summed E-state index contributed by atoms with van der Waals surface area (Å²) in [4.78, 5) is 1.38. The fourth-order valence-electron chi connectivity index (χ4n) is 2.66. The molecule has 1 aliphatic heterocycles. The summed E-state index contributed by atoms with van der Waals surface area (Å²) in [5.41, 5.74) is 8.42. The maximum atomic E-state index is 5.83. The van der Waals surface area contributed by atoms with Crippen LogP contribution < -0.4 is 5.73 Å². The Kier molecular flexibility index (Phi) is 1.90. The number of nitrogens with two attached hydrogens (primary N) is 1. The number of nitrogen functional groups attached to an aromatic ring is 1. The van der Waals surface area contributed by atoms with Gasteiger partial charge in [0, 0.05) is 21.2 Å². The van der Waals surface area contributed by atoms with Crippen LogP contribution in [-0.4, -0.2) is 5.25 Å². The van der Waals surface area contributed by atoms with Crippen LogP contribution in [0.3, 0.4) is 0 Å². The topological polar surface area (TPSA) is 26.0 Å². The highest BCUT2D eigenvalue weighted by Crippen LogP contribution is 2.53. The number of hydrogen-bond donors (Lipinski definition) is 1. The average Bonchev–Trinajstić information content (AvgIpc) is 2.49. The summed E-state index contributed by atoms with van der Waals surface area (Å²) in [7, 11) is 0. The number of fused-ring (bicyclic) bond motifs is 3. The molecule has 0 radical (unpaired) electrons. The van der Waals surface area contributed by atoms with Crippen molar-refractivity contribution in [2.24, 2.45) is 0 Å². The molecule has 1 aliphatic carbocycles. The summed E-state index contributed by atoms with van der Waals surface area (Å²) < 4.78 is 0. The van der Waals surface area contributed by atoms with E-state index in [4.69, 9.17) is 5.73 Å². The van der Waals surface area contributed by atoms with Crippen LogP contribution >= 0.6 is 11.8 Å². The molecule has 2 N–H and O–H groups in total. The molecule has 78 valence electrons. The van der Waals surface area contributed by atoms with Crippen molar-refractivity contribution in [1.82, 2.24) is 0 Å². The number of thioether (sulfide) groups is 1. The molecule has 1 aromatic carbocycles. The van der Waals surface area contributed by atoms with Crippen molar-refractivity contribution in [3.05, 3.63) is 35.9 Å². The molecule has 1 aromatic rings. The summed E-state index contributed by atoms with van der Waals surface area (Å²) >= 11 is 2.00. The Labute approximate surface area is 94.7 Å². The SMILES string of the molecule is CC12C=CCCC1Sc1cc(N)ccc12. The van der Waals surface area contributed by atoms with Gasteiger partial charge in [-0.25, -0.2) is 0 Å². The van der Waals surface area contributed by atoms with Crippen molar-refractivity contribution in [2.75, 3.05) is 5.73 Å². The molecule has 0 bridgehead atoms. The van der Waals surface area contributed by atoms with Crippen molar-refractivity contribution in [3.63, 3.8) is 0 Å². The first kappa shape index (κ1) is 9.34. The molecule has 0 saturated carbocycles. The highest BCUT2D eigenvalue weighted by Gasteiger charge is 2.42. The Hall–Kier alpha value is -0.890. The smallest absolute Gasteiger partial charge is 0.0325 e. The van der Waals surface area contributed by atoms with Crippen LogP contribution in [0.1, 0.15) is 25.3 Å². The van der Waals surface area contributed by atoms with E-state index >= 15 is 0 Å². The largest absolute Gasteiger partial charge is 0.399 e. The first-order chi connectivity index (χ1) is 7.20. The quantitative estimate of drug-likeness (QED) is 0.533. The zero-order valence-electron chi connectivity index (χ0n) is 8.86. The normalized spacial score (nSPS) is 32.5. The second-order valence-corrected chi connectivity index (χ2v) is 5.87. The lowest BCUT2D eigenvalue weighted by Crippen LogP contribution is -2.30. The van der Waals surface area contributed by atoms with Gasteiger partial charge in [-0.15, -0.1) is 11.8 Å². The van der Waals surface area contributed by atoms with Gasteiger partial charge in [-0.05, 0) is 30.5 Å². The van der Waals surface area contributed by atoms with Crippen molar-refractivity contribution in [3.8, 4) is 0 Å². The monoisotopic (exact) mass is 217 g/mol. The molecule has 2 aliphatic rings. The Morgan fingerprint density at radius 1 is 1.47 bits per heavy atom. The summed E-state index contributed by atoms with van der Waals surface area (Å²) in [6.07, 6.45) is 7.21. The van der Waals surface area contributed by atoms with E-state index in [1.807, 2.05) is 17.8 Å². The van der Waals surface area contributed by atoms with Crippen molar-refractivity contribution in [2.45, 2.75) is 35.3 Å². The van der Waals surface area contributed by atoms with Crippen molar-refractivity contribution in [1.29, 1.82) is 0 Å². The van der Waals surface area contributed by atoms with Crippen molar-refractivity contribution < 1.29 is 0 Å². The molecule has 1 heterocycles. The maximum absolute atomic E-state index is 5.83.